The van der Waals surface area contributed by atoms with Crippen LogP contribution in [0.25, 0.3) is 10.8 Å². The van der Waals surface area contributed by atoms with Crippen LogP contribution in [0.2, 0.25) is 0 Å². The second-order valence-corrected chi connectivity index (χ2v) is 6.65. The highest BCUT2D eigenvalue weighted by molar-refractivity contribution is 5.96. The number of aromatic hydroxyl groups is 1. The number of azo groups is 1. The number of carbonyl (C=O) groups excluding carboxylic acids is 2. The summed E-state index contributed by atoms with van der Waals surface area (Å²) < 4.78 is 0. The smallest absolute Gasteiger partial charge is 0.362 e. The first-order valence-corrected chi connectivity index (χ1v) is 9.40. The Kier molecular flexibility index (Phi) is 5.66. The Morgan fingerprint density at radius 2 is 1.45 bits per heavy atom. The Bertz CT molecular complexity index is 1270. The fraction of sp³-hybridized carbons (Fsp3) is 0. The van der Waals surface area contributed by atoms with Gasteiger partial charge in [-0.05, 0) is 71.4 Å². The summed E-state index contributed by atoms with van der Waals surface area (Å²) >= 11 is 0. The number of nitrogens with zero attached hydrogens (tertiary/aromatic N) is 2. The lowest BCUT2D eigenvalue weighted by atomic mass is 10.1. The molecular weight excluding hydrogens is 394 g/mol. The van der Waals surface area contributed by atoms with E-state index in [-0.39, 0.29) is 5.75 Å². The van der Waals surface area contributed by atoms with E-state index in [0.29, 0.717) is 22.5 Å². The fourth-order valence-corrected chi connectivity index (χ4v) is 2.84. The molecule has 0 bridgehead atoms. The molecule has 0 saturated heterocycles. The zero-order valence-corrected chi connectivity index (χ0v) is 16.2. The SMILES string of the molecule is O=C(N=Nc1ccc(NOC(=O)c2ccc3ccccc3c2)cc1)c1ccc(O)cc1. The Morgan fingerprint density at radius 3 is 2.19 bits per heavy atom. The van der Waals surface area contributed by atoms with Gasteiger partial charge in [0.05, 0.1) is 16.9 Å². The van der Waals surface area contributed by atoms with Crippen molar-refractivity contribution in [3.8, 4) is 5.75 Å². The van der Waals surface area contributed by atoms with Crippen LogP contribution in [0.5, 0.6) is 5.75 Å². The standard InChI is InChI=1S/C24H17N3O4/c28-22-13-7-17(8-14-22)23(29)26-25-20-9-11-21(12-10-20)27-31-24(30)19-6-5-16-3-1-2-4-18(16)15-19/h1-15,27-28H. The molecule has 7 heteroatoms. The van der Waals surface area contributed by atoms with E-state index >= 15 is 0 Å². The van der Waals surface area contributed by atoms with Crippen molar-refractivity contribution < 1.29 is 19.5 Å². The number of phenolic OH excluding ortho intramolecular Hbond substituents is 1. The average molecular weight is 411 g/mol. The molecule has 4 rings (SSSR count). The van der Waals surface area contributed by atoms with Gasteiger partial charge >= 0.3 is 5.97 Å². The summed E-state index contributed by atoms with van der Waals surface area (Å²) in [4.78, 5) is 29.4. The largest absolute Gasteiger partial charge is 0.508 e. The predicted octanol–water partition coefficient (Wildman–Crippen LogP) is 5.65. The Labute approximate surface area is 177 Å². The van der Waals surface area contributed by atoms with Crippen LogP contribution in [0.1, 0.15) is 20.7 Å². The van der Waals surface area contributed by atoms with Crippen molar-refractivity contribution in [1.29, 1.82) is 0 Å². The van der Waals surface area contributed by atoms with E-state index in [4.69, 9.17) is 4.84 Å². The van der Waals surface area contributed by atoms with Gasteiger partial charge < -0.3 is 9.94 Å². The third-order valence-corrected chi connectivity index (χ3v) is 4.48. The minimum atomic E-state index is -0.522. The number of rotatable bonds is 5. The van der Waals surface area contributed by atoms with Gasteiger partial charge in [0.25, 0.3) is 5.91 Å². The first-order chi connectivity index (χ1) is 15.1. The number of anilines is 1. The molecule has 0 aromatic heterocycles. The molecule has 0 aliphatic rings. The molecule has 0 heterocycles. The maximum absolute atomic E-state index is 12.3. The van der Waals surface area contributed by atoms with Gasteiger partial charge in [0.1, 0.15) is 5.75 Å². The highest BCUT2D eigenvalue weighted by atomic mass is 16.7. The van der Waals surface area contributed by atoms with E-state index in [1.54, 1.807) is 36.4 Å². The van der Waals surface area contributed by atoms with Gasteiger partial charge in [-0.1, -0.05) is 30.3 Å². The molecule has 1 amide bonds. The maximum atomic E-state index is 12.3. The maximum Gasteiger partial charge on any atom is 0.362 e. The van der Waals surface area contributed by atoms with E-state index in [0.717, 1.165) is 10.8 Å². The summed E-state index contributed by atoms with van der Waals surface area (Å²) in [5.41, 5.74) is 4.35. The third-order valence-electron chi connectivity index (χ3n) is 4.48. The van der Waals surface area contributed by atoms with Crippen molar-refractivity contribution in [3.05, 3.63) is 102 Å². The van der Waals surface area contributed by atoms with E-state index in [2.05, 4.69) is 15.7 Å². The van der Waals surface area contributed by atoms with Gasteiger partial charge in [0.15, 0.2) is 0 Å². The number of nitrogens with one attached hydrogen (secondary N) is 1. The summed E-state index contributed by atoms with van der Waals surface area (Å²) in [7, 11) is 0. The van der Waals surface area contributed by atoms with Gasteiger partial charge in [-0.25, -0.2) is 10.3 Å². The first-order valence-electron chi connectivity index (χ1n) is 9.40. The zero-order chi connectivity index (χ0) is 21.6. The molecule has 0 aliphatic heterocycles. The van der Waals surface area contributed by atoms with Crippen LogP contribution in [-0.4, -0.2) is 17.0 Å². The molecule has 0 radical (unpaired) electrons. The molecule has 0 atom stereocenters. The van der Waals surface area contributed by atoms with Gasteiger partial charge in [0, 0.05) is 5.56 Å². The second-order valence-electron chi connectivity index (χ2n) is 6.65. The molecule has 0 unspecified atom stereocenters. The summed E-state index contributed by atoms with van der Waals surface area (Å²) in [5.74, 6) is -0.960. The summed E-state index contributed by atoms with van der Waals surface area (Å²) in [5, 5.41) is 18.8. The van der Waals surface area contributed by atoms with Crippen molar-refractivity contribution in [2.24, 2.45) is 10.2 Å². The van der Waals surface area contributed by atoms with Gasteiger partial charge in [0.2, 0.25) is 0 Å². The molecular formula is C24H17N3O4. The summed E-state index contributed by atoms with van der Waals surface area (Å²) in [6.45, 7) is 0. The third kappa shape index (κ3) is 4.91. The normalized spacial score (nSPS) is 10.8. The van der Waals surface area contributed by atoms with E-state index in [9.17, 15) is 14.7 Å². The molecule has 0 spiro atoms. The summed E-state index contributed by atoms with van der Waals surface area (Å²) in [6, 6.07) is 25.4. The summed E-state index contributed by atoms with van der Waals surface area (Å²) in [6.07, 6.45) is 0. The number of phenols is 1. The lowest BCUT2D eigenvalue weighted by Gasteiger charge is -2.07. The fourth-order valence-electron chi connectivity index (χ4n) is 2.84. The number of hydrogen-bond acceptors (Lipinski definition) is 6. The van der Waals surface area contributed by atoms with Crippen LogP contribution in [0.15, 0.2) is 101 Å². The first kappa shape index (κ1) is 19.8. The van der Waals surface area contributed by atoms with Crippen molar-refractivity contribution in [3.63, 3.8) is 0 Å². The van der Waals surface area contributed by atoms with Crippen LogP contribution in [-0.2, 0) is 4.84 Å². The molecule has 152 valence electrons. The lowest BCUT2D eigenvalue weighted by Crippen LogP contribution is -2.10. The topological polar surface area (TPSA) is 100 Å². The van der Waals surface area contributed by atoms with Gasteiger partial charge in [-0.2, -0.15) is 0 Å². The number of carbonyl (C=O) groups is 2. The highest BCUT2D eigenvalue weighted by Gasteiger charge is 2.09. The van der Waals surface area contributed by atoms with E-state index in [1.807, 2.05) is 30.3 Å². The molecule has 0 aliphatic carbocycles. The molecule has 2 N–H and O–H groups in total. The lowest BCUT2D eigenvalue weighted by molar-refractivity contribution is 0.0596. The van der Waals surface area contributed by atoms with Crippen molar-refractivity contribution in [2.45, 2.75) is 0 Å². The van der Waals surface area contributed by atoms with Crippen LogP contribution in [0.3, 0.4) is 0 Å². The van der Waals surface area contributed by atoms with Crippen molar-refractivity contribution in [2.75, 3.05) is 5.48 Å². The Morgan fingerprint density at radius 1 is 0.774 bits per heavy atom. The number of amides is 1. The second kappa shape index (κ2) is 8.87. The van der Waals surface area contributed by atoms with Crippen LogP contribution in [0, 0.1) is 0 Å². The number of hydrogen-bond donors (Lipinski definition) is 2. The number of fused-ring (bicyclic) bond motifs is 1. The Balaban J connectivity index is 1.35. The number of benzene rings is 4. The zero-order valence-electron chi connectivity index (χ0n) is 16.2. The van der Waals surface area contributed by atoms with Crippen LogP contribution >= 0.6 is 0 Å². The molecule has 4 aromatic rings. The van der Waals surface area contributed by atoms with Crippen molar-refractivity contribution >= 4 is 34.0 Å². The minimum absolute atomic E-state index is 0.0675. The highest BCUT2D eigenvalue weighted by Crippen LogP contribution is 2.19. The molecule has 0 saturated carbocycles. The Hall–Kier alpha value is -4.52. The van der Waals surface area contributed by atoms with E-state index in [1.165, 1.54) is 24.3 Å². The quantitative estimate of drug-likeness (QED) is 0.326. The van der Waals surface area contributed by atoms with Gasteiger partial charge in [-0.15, -0.1) is 10.2 Å². The average Bonchev–Trinajstić information content (AvgIpc) is 2.81. The van der Waals surface area contributed by atoms with Crippen molar-refractivity contribution in [1.82, 2.24) is 0 Å². The van der Waals surface area contributed by atoms with Gasteiger partial charge in [-0.3, -0.25) is 4.79 Å². The monoisotopic (exact) mass is 411 g/mol. The molecule has 4 aromatic carbocycles. The molecule has 7 nitrogen and oxygen atoms in total. The molecule has 31 heavy (non-hydrogen) atoms. The van der Waals surface area contributed by atoms with Crippen LogP contribution < -0.4 is 5.48 Å². The minimum Gasteiger partial charge on any atom is -0.508 e. The van der Waals surface area contributed by atoms with Crippen LogP contribution in [0.4, 0.5) is 11.4 Å². The molecule has 0 fully saturated rings. The predicted molar refractivity (Wildman–Crippen MR) is 116 cm³/mol. The van der Waals surface area contributed by atoms with E-state index < -0.39 is 11.9 Å².